The number of benzene rings is 2. The lowest BCUT2D eigenvalue weighted by Crippen LogP contribution is -2.55. The first-order chi connectivity index (χ1) is 17.9. The third-order valence-corrected chi connectivity index (χ3v) is 6.58. The van der Waals surface area contributed by atoms with Crippen molar-refractivity contribution in [3.8, 4) is 11.6 Å². The number of amides is 2. The Kier molecular flexibility index (Phi) is 8.37. The van der Waals surface area contributed by atoms with Crippen molar-refractivity contribution in [2.24, 2.45) is 5.73 Å². The SMILES string of the molecule is COCC[C@@]1(NC(=O)Nc2c(C)c(OCCN)nn2-c2ccccc2)CNC[C@H]1c1ccc(F)c(F)c1. The molecule has 1 saturated heterocycles. The highest BCUT2D eigenvalue weighted by atomic mass is 19.2. The van der Waals surface area contributed by atoms with Crippen LogP contribution in [0.25, 0.3) is 5.69 Å². The number of methoxy groups -OCH3 is 1. The largest absolute Gasteiger partial charge is 0.475 e. The number of nitrogens with one attached hydrogen (secondary N) is 3. The van der Waals surface area contributed by atoms with E-state index >= 15 is 0 Å². The predicted octanol–water partition coefficient (Wildman–Crippen LogP) is 3.08. The number of para-hydroxylation sites is 1. The highest BCUT2D eigenvalue weighted by Crippen LogP contribution is 2.36. The van der Waals surface area contributed by atoms with Crippen LogP contribution in [0.15, 0.2) is 48.5 Å². The van der Waals surface area contributed by atoms with Crippen molar-refractivity contribution in [1.29, 1.82) is 0 Å². The average Bonchev–Trinajstić information content (AvgIpc) is 3.44. The second kappa shape index (κ2) is 11.7. The fraction of sp³-hybridized carbons (Fsp3) is 0.385. The fourth-order valence-electron chi connectivity index (χ4n) is 4.70. The van der Waals surface area contributed by atoms with E-state index in [1.807, 2.05) is 30.3 Å². The van der Waals surface area contributed by atoms with Crippen LogP contribution in [-0.2, 0) is 4.74 Å². The van der Waals surface area contributed by atoms with Crippen molar-refractivity contribution in [2.45, 2.75) is 24.8 Å². The Balaban J connectivity index is 1.64. The molecule has 1 aromatic heterocycles. The first-order valence-electron chi connectivity index (χ1n) is 12.1. The molecule has 2 atom stereocenters. The van der Waals surface area contributed by atoms with Crippen molar-refractivity contribution >= 4 is 11.8 Å². The topological polar surface area (TPSA) is 115 Å². The molecule has 0 unspecified atom stereocenters. The Labute approximate surface area is 214 Å². The molecule has 1 aliphatic heterocycles. The third-order valence-electron chi connectivity index (χ3n) is 6.58. The second-order valence-corrected chi connectivity index (χ2v) is 9.00. The first kappa shape index (κ1) is 26.5. The van der Waals surface area contributed by atoms with E-state index in [1.165, 1.54) is 6.07 Å². The molecule has 1 aliphatic rings. The number of nitrogens with two attached hydrogens (primary N) is 1. The van der Waals surface area contributed by atoms with Crippen LogP contribution >= 0.6 is 0 Å². The Bertz CT molecular complexity index is 1220. The smallest absolute Gasteiger partial charge is 0.320 e. The van der Waals surface area contributed by atoms with Gasteiger partial charge in [0.1, 0.15) is 12.4 Å². The lowest BCUT2D eigenvalue weighted by molar-refractivity contribution is 0.155. The van der Waals surface area contributed by atoms with Gasteiger partial charge in [-0.05, 0) is 43.2 Å². The van der Waals surface area contributed by atoms with Gasteiger partial charge in [0.15, 0.2) is 11.6 Å². The van der Waals surface area contributed by atoms with E-state index in [4.69, 9.17) is 15.2 Å². The van der Waals surface area contributed by atoms with E-state index in [9.17, 15) is 13.6 Å². The van der Waals surface area contributed by atoms with Gasteiger partial charge in [0.05, 0.1) is 16.8 Å². The van der Waals surface area contributed by atoms with Gasteiger partial charge in [0.2, 0.25) is 5.88 Å². The minimum atomic E-state index is -0.929. The van der Waals surface area contributed by atoms with Gasteiger partial charge in [-0.15, -0.1) is 5.10 Å². The molecule has 3 aromatic rings. The normalized spacial score (nSPS) is 19.1. The molecule has 198 valence electrons. The second-order valence-electron chi connectivity index (χ2n) is 9.00. The molecule has 2 aromatic carbocycles. The number of ether oxygens (including phenoxy) is 2. The Morgan fingerprint density at radius 2 is 2.00 bits per heavy atom. The Morgan fingerprint density at radius 1 is 1.22 bits per heavy atom. The lowest BCUT2D eigenvalue weighted by atomic mass is 9.79. The summed E-state index contributed by atoms with van der Waals surface area (Å²) in [7, 11) is 1.58. The quantitative estimate of drug-likeness (QED) is 0.331. The molecular weight excluding hydrogens is 482 g/mol. The van der Waals surface area contributed by atoms with Gasteiger partial charge in [-0.2, -0.15) is 0 Å². The van der Waals surface area contributed by atoms with Crippen LogP contribution in [0.4, 0.5) is 19.4 Å². The number of rotatable bonds is 10. The summed E-state index contributed by atoms with van der Waals surface area (Å²) in [6.07, 6.45) is 0.454. The first-order valence-corrected chi connectivity index (χ1v) is 12.1. The zero-order chi connectivity index (χ0) is 26.4. The number of halogens is 2. The van der Waals surface area contributed by atoms with E-state index < -0.39 is 23.2 Å². The summed E-state index contributed by atoms with van der Waals surface area (Å²) < 4.78 is 40.3. The number of urea groups is 1. The highest BCUT2D eigenvalue weighted by molar-refractivity contribution is 5.90. The molecule has 0 spiro atoms. The van der Waals surface area contributed by atoms with Crippen LogP contribution in [-0.4, -0.2) is 61.3 Å². The van der Waals surface area contributed by atoms with Crippen LogP contribution in [0.3, 0.4) is 0 Å². The van der Waals surface area contributed by atoms with Gasteiger partial charge in [-0.1, -0.05) is 24.3 Å². The zero-order valence-corrected chi connectivity index (χ0v) is 20.9. The maximum Gasteiger partial charge on any atom is 0.320 e. The molecule has 5 N–H and O–H groups in total. The van der Waals surface area contributed by atoms with E-state index in [0.29, 0.717) is 55.5 Å². The van der Waals surface area contributed by atoms with E-state index in [1.54, 1.807) is 24.8 Å². The van der Waals surface area contributed by atoms with Gasteiger partial charge >= 0.3 is 6.03 Å². The number of anilines is 1. The summed E-state index contributed by atoms with van der Waals surface area (Å²) in [5, 5.41) is 13.9. The van der Waals surface area contributed by atoms with Gasteiger partial charge in [0, 0.05) is 39.3 Å². The maximum absolute atomic E-state index is 14.1. The minimum Gasteiger partial charge on any atom is -0.475 e. The summed E-state index contributed by atoms with van der Waals surface area (Å²) in [6, 6.07) is 12.7. The van der Waals surface area contributed by atoms with E-state index in [0.717, 1.165) is 11.8 Å². The molecule has 11 heteroatoms. The van der Waals surface area contributed by atoms with E-state index in [2.05, 4.69) is 21.0 Å². The molecule has 2 heterocycles. The Morgan fingerprint density at radius 3 is 2.70 bits per heavy atom. The average molecular weight is 515 g/mol. The molecule has 0 bridgehead atoms. The van der Waals surface area contributed by atoms with Gasteiger partial charge < -0.3 is 25.8 Å². The maximum atomic E-state index is 14.1. The van der Waals surface area contributed by atoms with Crippen molar-refractivity contribution < 1.29 is 23.0 Å². The number of nitrogens with zero attached hydrogens (tertiary/aromatic N) is 2. The monoisotopic (exact) mass is 514 g/mol. The lowest BCUT2D eigenvalue weighted by Gasteiger charge is -2.36. The Hall–Kier alpha value is -3.54. The van der Waals surface area contributed by atoms with Gasteiger partial charge in [-0.25, -0.2) is 18.3 Å². The summed E-state index contributed by atoms with van der Waals surface area (Å²) in [6.45, 7) is 3.67. The fourth-order valence-corrected chi connectivity index (χ4v) is 4.70. The zero-order valence-electron chi connectivity index (χ0n) is 20.9. The minimum absolute atomic E-state index is 0.278. The van der Waals surface area contributed by atoms with Crippen LogP contribution < -0.4 is 26.4 Å². The van der Waals surface area contributed by atoms with Crippen LogP contribution in [0.5, 0.6) is 5.88 Å². The molecular formula is C26H32F2N6O3. The molecule has 4 rings (SSSR count). The highest BCUT2D eigenvalue weighted by Gasteiger charge is 2.45. The molecule has 0 radical (unpaired) electrons. The van der Waals surface area contributed by atoms with Gasteiger partial charge in [-0.3, -0.25) is 5.32 Å². The number of hydrogen-bond donors (Lipinski definition) is 4. The summed E-state index contributed by atoms with van der Waals surface area (Å²) in [5.74, 6) is -1.36. The number of aromatic nitrogens is 2. The number of carbonyl (C=O) groups is 1. The number of carbonyl (C=O) groups excluding carboxylic acids is 1. The van der Waals surface area contributed by atoms with Crippen molar-refractivity contribution in [2.75, 3.05) is 45.3 Å². The van der Waals surface area contributed by atoms with Crippen molar-refractivity contribution in [3.05, 3.63) is 71.3 Å². The van der Waals surface area contributed by atoms with Crippen molar-refractivity contribution in [1.82, 2.24) is 20.4 Å². The molecule has 2 amide bonds. The molecule has 0 aliphatic carbocycles. The van der Waals surface area contributed by atoms with E-state index in [-0.39, 0.29) is 12.5 Å². The summed E-state index contributed by atoms with van der Waals surface area (Å²) >= 11 is 0. The molecule has 37 heavy (non-hydrogen) atoms. The van der Waals surface area contributed by atoms with Crippen LogP contribution in [0, 0.1) is 18.6 Å². The summed E-state index contributed by atoms with van der Waals surface area (Å²) in [4.78, 5) is 13.5. The van der Waals surface area contributed by atoms with Crippen molar-refractivity contribution in [3.63, 3.8) is 0 Å². The molecule has 1 fully saturated rings. The van der Waals surface area contributed by atoms with Crippen LogP contribution in [0.1, 0.15) is 23.5 Å². The number of hydrogen-bond acceptors (Lipinski definition) is 6. The standard InChI is InChI=1S/C26H32F2N6O3/c1-17-23(34(19-6-4-3-5-7-19)33-24(17)37-13-11-29)31-25(35)32-26(10-12-36-2)16-30-15-20(26)18-8-9-21(27)22(28)14-18/h3-9,14,20,30H,10-13,15-16,29H2,1-2H3,(H2,31,32,35)/t20-,26+/m0/s1. The summed E-state index contributed by atoms with van der Waals surface area (Å²) in [5.41, 5.74) is 6.74. The predicted molar refractivity (Wildman–Crippen MR) is 136 cm³/mol. The molecule has 9 nitrogen and oxygen atoms in total. The van der Waals surface area contributed by atoms with Crippen LogP contribution in [0.2, 0.25) is 0 Å². The van der Waals surface area contributed by atoms with Gasteiger partial charge in [0.25, 0.3) is 0 Å². The molecule has 0 saturated carbocycles. The third kappa shape index (κ3) is 5.74.